The number of benzene rings is 1. The van der Waals surface area contributed by atoms with Gasteiger partial charge >= 0.3 is 5.97 Å². The van der Waals surface area contributed by atoms with Crippen molar-refractivity contribution in [2.75, 3.05) is 0 Å². The number of carboxylic acids is 1. The molecule has 3 aromatic rings. The molecule has 0 fully saturated rings. The number of carbonyl (C=O) groups is 1. The standard InChI is InChI=1S/C13H9BrN2O3/c14-9-2-1-8-3-4-16(12(8)5-9)7-10-6-11(13(17)18)15-19-10/h1-6H,7H2,(H,17,18). The minimum atomic E-state index is -1.09. The van der Waals surface area contributed by atoms with Crippen LogP contribution in [-0.2, 0) is 6.54 Å². The molecule has 1 N–H and O–H groups in total. The number of carboxylic acid groups (broad SMARTS) is 1. The number of nitrogens with zero attached hydrogens (tertiary/aromatic N) is 2. The Morgan fingerprint density at radius 2 is 2.21 bits per heavy atom. The van der Waals surface area contributed by atoms with Gasteiger partial charge in [0, 0.05) is 22.3 Å². The summed E-state index contributed by atoms with van der Waals surface area (Å²) < 4.78 is 7.98. The second kappa shape index (κ2) is 4.55. The summed E-state index contributed by atoms with van der Waals surface area (Å²) in [7, 11) is 0. The second-order valence-corrected chi connectivity index (χ2v) is 5.05. The molecule has 6 heteroatoms. The van der Waals surface area contributed by atoms with E-state index in [1.54, 1.807) is 0 Å². The Morgan fingerprint density at radius 3 is 2.95 bits per heavy atom. The van der Waals surface area contributed by atoms with Crippen molar-refractivity contribution in [2.24, 2.45) is 0 Å². The van der Waals surface area contributed by atoms with Gasteiger partial charge in [0.15, 0.2) is 11.5 Å². The van der Waals surface area contributed by atoms with E-state index in [2.05, 4.69) is 21.1 Å². The maximum absolute atomic E-state index is 10.7. The predicted octanol–water partition coefficient (Wildman–Crippen LogP) is 3.14. The zero-order chi connectivity index (χ0) is 13.4. The monoisotopic (exact) mass is 320 g/mol. The van der Waals surface area contributed by atoms with Gasteiger partial charge in [-0.3, -0.25) is 0 Å². The molecule has 0 aliphatic carbocycles. The molecule has 0 bridgehead atoms. The summed E-state index contributed by atoms with van der Waals surface area (Å²) in [4.78, 5) is 10.7. The fourth-order valence-corrected chi connectivity index (χ4v) is 2.30. The molecule has 2 aromatic heterocycles. The molecule has 19 heavy (non-hydrogen) atoms. The lowest BCUT2D eigenvalue weighted by Gasteiger charge is -2.02. The van der Waals surface area contributed by atoms with Crippen molar-refractivity contribution in [3.8, 4) is 0 Å². The first kappa shape index (κ1) is 12.0. The first-order chi connectivity index (χ1) is 9.13. The fraction of sp³-hybridized carbons (Fsp3) is 0.0769. The molecule has 2 heterocycles. The summed E-state index contributed by atoms with van der Waals surface area (Å²) in [6, 6.07) is 9.43. The van der Waals surface area contributed by atoms with Crippen molar-refractivity contribution in [3.05, 3.63) is 52.5 Å². The van der Waals surface area contributed by atoms with Gasteiger partial charge in [-0.05, 0) is 23.6 Å². The number of aromatic nitrogens is 2. The van der Waals surface area contributed by atoms with Gasteiger partial charge in [-0.2, -0.15) is 0 Å². The molecule has 0 radical (unpaired) electrons. The first-order valence-electron chi connectivity index (χ1n) is 5.57. The molecule has 0 saturated carbocycles. The van der Waals surface area contributed by atoms with E-state index in [1.807, 2.05) is 35.0 Å². The highest BCUT2D eigenvalue weighted by molar-refractivity contribution is 9.10. The molecular formula is C13H9BrN2O3. The highest BCUT2D eigenvalue weighted by atomic mass is 79.9. The van der Waals surface area contributed by atoms with Crippen LogP contribution in [0.3, 0.4) is 0 Å². The number of fused-ring (bicyclic) bond motifs is 1. The van der Waals surface area contributed by atoms with Gasteiger partial charge in [0.2, 0.25) is 0 Å². The second-order valence-electron chi connectivity index (χ2n) is 4.13. The smallest absolute Gasteiger partial charge is 0.358 e. The van der Waals surface area contributed by atoms with Gasteiger partial charge < -0.3 is 14.2 Å². The summed E-state index contributed by atoms with van der Waals surface area (Å²) >= 11 is 3.43. The van der Waals surface area contributed by atoms with Crippen LogP contribution in [-0.4, -0.2) is 20.8 Å². The Bertz CT molecular complexity index is 760. The number of hydrogen-bond acceptors (Lipinski definition) is 3. The molecule has 0 saturated heterocycles. The van der Waals surface area contributed by atoms with Crippen LogP contribution in [0.4, 0.5) is 0 Å². The Hall–Kier alpha value is -2.08. The van der Waals surface area contributed by atoms with Crippen molar-refractivity contribution in [2.45, 2.75) is 6.54 Å². The normalized spacial score (nSPS) is 11.0. The van der Waals surface area contributed by atoms with E-state index in [9.17, 15) is 4.79 Å². The third kappa shape index (κ3) is 2.26. The van der Waals surface area contributed by atoms with Gasteiger partial charge in [0.25, 0.3) is 0 Å². The van der Waals surface area contributed by atoms with E-state index in [1.165, 1.54) is 6.07 Å². The molecule has 0 amide bonds. The van der Waals surface area contributed by atoms with Gasteiger partial charge in [-0.1, -0.05) is 27.2 Å². The highest BCUT2D eigenvalue weighted by Gasteiger charge is 2.11. The maximum atomic E-state index is 10.7. The van der Waals surface area contributed by atoms with E-state index in [0.29, 0.717) is 12.3 Å². The van der Waals surface area contributed by atoms with Crippen LogP contribution in [0.2, 0.25) is 0 Å². The summed E-state index contributed by atoms with van der Waals surface area (Å²) in [6.45, 7) is 0.445. The SMILES string of the molecule is O=C(O)c1cc(Cn2ccc3ccc(Br)cc32)on1. The summed E-state index contributed by atoms with van der Waals surface area (Å²) in [6.07, 6.45) is 1.93. The van der Waals surface area contributed by atoms with Crippen molar-refractivity contribution in [3.63, 3.8) is 0 Å². The van der Waals surface area contributed by atoms with Crippen molar-refractivity contribution < 1.29 is 14.4 Å². The molecular weight excluding hydrogens is 312 g/mol. The van der Waals surface area contributed by atoms with Gasteiger partial charge in [0.05, 0.1) is 6.54 Å². The summed E-state index contributed by atoms with van der Waals surface area (Å²) in [5.41, 5.74) is 0.968. The summed E-state index contributed by atoms with van der Waals surface area (Å²) in [5, 5.41) is 13.4. The van der Waals surface area contributed by atoms with Crippen LogP contribution in [0.15, 0.2) is 45.5 Å². The Labute approximate surface area is 116 Å². The Balaban J connectivity index is 1.96. The van der Waals surface area contributed by atoms with Crippen molar-refractivity contribution in [1.29, 1.82) is 0 Å². The minimum absolute atomic E-state index is 0.0763. The lowest BCUT2D eigenvalue weighted by atomic mass is 10.2. The Morgan fingerprint density at radius 1 is 1.37 bits per heavy atom. The average Bonchev–Trinajstić information content (AvgIpc) is 2.98. The lowest BCUT2D eigenvalue weighted by Crippen LogP contribution is -1.97. The van der Waals surface area contributed by atoms with Crippen LogP contribution in [0, 0.1) is 0 Å². The van der Waals surface area contributed by atoms with E-state index < -0.39 is 5.97 Å². The third-order valence-corrected chi connectivity index (χ3v) is 3.33. The molecule has 0 atom stereocenters. The van der Waals surface area contributed by atoms with E-state index >= 15 is 0 Å². The van der Waals surface area contributed by atoms with Gasteiger partial charge in [0.1, 0.15) is 0 Å². The summed E-state index contributed by atoms with van der Waals surface area (Å²) in [5.74, 6) is -0.579. The fourth-order valence-electron chi connectivity index (χ4n) is 1.95. The zero-order valence-corrected chi connectivity index (χ0v) is 11.3. The first-order valence-corrected chi connectivity index (χ1v) is 6.36. The minimum Gasteiger partial charge on any atom is -0.476 e. The maximum Gasteiger partial charge on any atom is 0.358 e. The largest absolute Gasteiger partial charge is 0.476 e. The molecule has 0 unspecified atom stereocenters. The average molecular weight is 321 g/mol. The van der Waals surface area contributed by atoms with Crippen LogP contribution in [0.1, 0.15) is 16.2 Å². The molecule has 3 rings (SSSR count). The number of hydrogen-bond donors (Lipinski definition) is 1. The van der Waals surface area contributed by atoms with Crippen LogP contribution in [0.25, 0.3) is 10.9 Å². The molecule has 96 valence electrons. The highest BCUT2D eigenvalue weighted by Crippen LogP contribution is 2.22. The van der Waals surface area contributed by atoms with Gasteiger partial charge in [-0.15, -0.1) is 0 Å². The van der Waals surface area contributed by atoms with Gasteiger partial charge in [-0.25, -0.2) is 4.79 Å². The molecule has 0 aliphatic heterocycles. The van der Waals surface area contributed by atoms with Crippen LogP contribution >= 0.6 is 15.9 Å². The molecule has 0 aliphatic rings. The van der Waals surface area contributed by atoms with Crippen molar-refractivity contribution in [1.82, 2.24) is 9.72 Å². The zero-order valence-electron chi connectivity index (χ0n) is 9.71. The third-order valence-electron chi connectivity index (χ3n) is 2.84. The number of halogens is 1. The number of rotatable bonds is 3. The number of aromatic carboxylic acids is 1. The van der Waals surface area contributed by atoms with Crippen molar-refractivity contribution >= 4 is 32.8 Å². The van der Waals surface area contributed by atoms with E-state index in [-0.39, 0.29) is 5.69 Å². The quantitative estimate of drug-likeness (QED) is 0.805. The lowest BCUT2D eigenvalue weighted by molar-refractivity contribution is 0.0685. The van der Waals surface area contributed by atoms with E-state index in [4.69, 9.17) is 9.63 Å². The molecule has 5 nitrogen and oxygen atoms in total. The molecule has 1 aromatic carbocycles. The Kier molecular flexibility index (Phi) is 2.87. The van der Waals surface area contributed by atoms with E-state index in [0.717, 1.165) is 15.4 Å². The van der Waals surface area contributed by atoms with Crippen LogP contribution < -0.4 is 0 Å². The molecule has 0 spiro atoms. The topological polar surface area (TPSA) is 68.3 Å². The predicted molar refractivity (Wildman–Crippen MR) is 72.2 cm³/mol. The van der Waals surface area contributed by atoms with Crippen LogP contribution in [0.5, 0.6) is 0 Å².